The molecule has 0 atom stereocenters. The van der Waals surface area contributed by atoms with Gasteiger partial charge in [-0.25, -0.2) is 4.79 Å². The van der Waals surface area contributed by atoms with Crippen LogP contribution in [0.4, 0.5) is 13.2 Å². The minimum atomic E-state index is -5.17. The molecule has 0 saturated heterocycles. The Bertz CT molecular complexity index is 591. The molecule has 1 aromatic carbocycles. The molecule has 0 aliphatic heterocycles. The van der Waals surface area contributed by atoms with Crippen molar-refractivity contribution in [2.75, 3.05) is 13.2 Å². The van der Waals surface area contributed by atoms with Gasteiger partial charge in [0.25, 0.3) is 0 Å². The van der Waals surface area contributed by atoms with Crippen LogP contribution in [0.1, 0.15) is 51.0 Å². The van der Waals surface area contributed by atoms with E-state index in [1.807, 2.05) is 24.3 Å². The molecular weight excluding hydrogens is 363 g/mol. The summed E-state index contributed by atoms with van der Waals surface area (Å²) in [5.41, 5.74) is 0.915. The molecule has 152 valence electrons. The van der Waals surface area contributed by atoms with Crippen molar-refractivity contribution in [1.82, 2.24) is 5.32 Å². The lowest BCUT2D eigenvalue weighted by Crippen LogP contribution is -2.29. The maximum atomic E-state index is 12.0. The number of rotatable bonds is 12. The van der Waals surface area contributed by atoms with Crippen molar-refractivity contribution in [2.24, 2.45) is 0 Å². The van der Waals surface area contributed by atoms with Crippen molar-refractivity contribution in [3.63, 3.8) is 0 Å². The van der Waals surface area contributed by atoms with E-state index in [0.717, 1.165) is 24.2 Å². The molecule has 27 heavy (non-hydrogen) atoms. The number of halogens is 3. The predicted molar refractivity (Wildman–Crippen MR) is 94.2 cm³/mol. The van der Waals surface area contributed by atoms with Crippen molar-refractivity contribution < 1.29 is 32.2 Å². The first-order valence-corrected chi connectivity index (χ1v) is 9.07. The predicted octanol–water partition coefficient (Wildman–Crippen LogP) is 4.15. The molecule has 0 aliphatic carbocycles. The Morgan fingerprint density at radius 1 is 1.11 bits per heavy atom. The number of nitrogens with one attached hydrogen (secondary N) is 1. The van der Waals surface area contributed by atoms with E-state index in [9.17, 15) is 22.8 Å². The lowest BCUT2D eigenvalue weighted by atomic mass is 10.2. The standard InChI is InChI=1S/C19H26F3NO4/c1-2-3-4-5-6-12-26-16-9-7-8-15(13-16)14-23-11-10-17(24)27-18(25)19(20,21)22/h7-9,13,23H,2-6,10-12,14H2,1H3. The SMILES string of the molecule is CCCCCCCOc1cccc(CNCCC(=O)OC(=O)C(F)(F)F)c1. The quantitative estimate of drug-likeness (QED) is 0.331. The summed E-state index contributed by atoms with van der Waals surface area (Å²) < 4.78 is 45.3. The number of benzene rings is 1. The first kappa shape index (κ1) is 23.0. The van der Waals surface area contributed by atoms with Crippen LogP contribution in [-0.4, -0.2) is 31.3 Å². The molecule has 0 heterocycles. The number of unbranched alkanes of at least 4 members (excludes halogenated alkanes) is 4. The van der Waals surface area contributed by atoms with Crippen molar-refractivity contribution in [2.45, 2.75) is 58.2 Å². The molecule has 0 bridgehead atoms. The summed E-state index contributed by atoms with van der Waals surface area (Å²) in [6.07, 6.45) is 0.282. The lowest BCUT2D eigenvalue weighted by Gasteiger charge is -2.09. The van der Waals surface area contributed by atoms with Gasteiger partial charge < -0.3 is 14.8 Å². The monoisotopic (exact) mass is 389 g/mol. The van der Waals surface area contributed by atoms with Crippen LogP contribution in [0.5, 0.6) is 5.75 Å². The van der Waals surface area contributed by atoms with Gasteiger partial charge in [0.15, 0.2) is 0 Å². The Balaban J connectivity index is 2.23. The van der Waals surface area contributed by atoms with Gasteiger partial charge >= 0.3 is 18.1 Å². The lowest BCUT2D eigenvalue weighted by molar-refractivity contribution is -0.201. The van der Waals surface area contributed by atoms with Crippen LogP contribution in [0.2, 0.25) is 0 Å². The minimum Gasteiger partial charge on any atom is -0.494 e. The molecule has 0 radical (unpaired) electrons. The van der Waals surface area contributed by atoms with Crippen LogP contribution in [0.25, 0.3) is 0 Å². The van der Waals surface area contributed by atoms with Crippen LogP contribution in [-0.2, 0) is 20.9 Å². The Labute approximate surface area is 157 Å². The van der Waals surface area contributed by atoms with Crippen molar-refractivity contribution in [3.05, 3.63) is 29.8 Å². The zero-order chi connectivity index (χ0) is 20.1. The topological polar surface area (TPSA) is 64.6 Å². The summed E-state index contributed by atoms with van der Waals surface area (Å²) in [6.45, 7) is 3.32. The molecule has 0 saturated carbocycles. The molecule has 1 N–H and O–H groups in total. The second-order valence-corrected chi connectivity index (χ2v) is 6.10. The second-order valence-electron chi connectivity index (χ2n) is 6.10. The van der Waals surface area contributed by atoms with Crippen LogP contribution in [0, 0.1) is 0 Å². The fourth-order valence-electron chi connectivity index (χ4n) is 2.28. The van der Waals surface area contributed by atoms with Gasteiger partial charge in [0.1, 0.15) is 5.75 Å². The highest BCUT2D eigenvalue weighted by atomic mass is 19.4. The van der Waals surface area contributed by atoms with Crippen LogP contribution in [0.3, 0.4) is 0 Å². The zero-order valence-corrected chi connectivity index (χ0v) is 15.4. The maximum absolute atomic E-state index is 12.0. The normalized spacial score (nSPS) is 11.3. The highest BCUT2D eigenvalue weighted by Crippen LogP contribution is 2.17. The number of carbonyl (C=O) groups excluding carboxylic acids is 2. The van der Waals surface area contributed by atoms with Gasteiger partial charge in [0, 0.05) is 13.1 Å². The Hall–Kier alpha value is -2.09. The van der Waals surface area contributed by atoms with Gasteiger partial charge in [-0.2, -0.15) is 13.2 Å². The summed E-state index contributed by atoms with van der Waals surface area (Å²) in [6, 6.07) is 7.44. The summed E-state index contributed by atoms with van der Waals surface area (Å²) in [5, 5.41) is 2.91. The molecule has 0 spiro atoms. The molecule has 0 unspecified atom stereocenters. The van der Waals surface area contributed by atoms with E-state index in [4.69, 9.17) is 4.74 Å². The van der Waals surface area contributed by atoms with Gasteiger partial charge in [-0.15, -0.1) is 0 Å². The molecule has 0 amide bonds. The van der Waals surface area contributed by atoms with Gasteiger partial charge in [0.05, 0.1) is 13.0 Å². The van der Waals surface area contributed by atoms with E-state index in [1.165, 1.54) is 19.3 Å². The van der Waals surface area contributed by atoms with E-state index >= 15 is 0 Å². The Morgan fingerprint density at radius 3 is 2.56 bits per heavy atom. The molecule has 0 fully saturated rings. The van der Waals surface area contributed by atoms with Crippen molar-refractivity contribution in [1.29, 1.82) is 0 Å². The smallest absolute Gasteiger partial charge is 0.491 e. The average molecular weight is 389 g/mol. The molecule has 0 aromatic heterocycles. The van der Waals surface area contributed by atoms with Crippen LogP contribution < -0.4 is 10.1 Å². The van der Waals surface area contributed by atoms with E-state index in [2.05, 4.69) is 17.0 Å². The van der Waals surface area contributed by atoms with E-state index in [1.54, 1.807) is 0 Å². The number of ether oxygens (including phenoxy) is 2. The third kappa shape index (κ3) is 10.6. The van der Waals surface area contributed by atoms with E-state index in [-0.39, 0.29) is 13.0 Å². The van der Waals surface area contributed by atoms with E-state index in [0.29, 0.717) is 13.2 Å². The summed E-state index contributed by atoms with van der Waals surface area (Å²) >= 11 is 0. The number of esters is 2. The fraction of sp³-hybridized carbons (Fsp3) is 0.579. The molecule has 5 nitrogen and oxygen atoms in total. The summed E-state index contributed by atoms with van der Waals surface area (Å²) in [5.74, 6) is -2.96. The van der Waals surface area contributed by atoms with Gasteiger partial charge in [-0.05, 0) is 24.1 Å². The second kappa shape index (κ2) is 12.3. The summed E-state index contributed by atoms with van der Waals surface area (Å²) in [7, 11) is 0. The molecule has 1 rings (SSSR count). The highest BCUT2D eigenvalue weighted by Gasteiger charge is 2.42. The maximum Gasteiger partial charge on any atom is 0.491 e. The largest absolute Gasteiger partial charge is 0.494 e. The number of hydrogen-bond donors (Lipinski definition) is 1. The highest BCUT2D eigenvalue weighted by molar-refractivity contribution is 5.88. The van der Waals surface area contributed by atoms with Gasteiger partial charge in [-0.1, -0.05) is 44.7 Å². The third-order valence-corrected chi connectivity index (χ3v) is 3.69. The Kier molecular flexibility index (Phi) is 10.5. The first-order chi connectivity index (χ1) is 12.8. The number of hydrogen-bond acceptors (Lipinski definition) is 5. The molecular formula is C19H26F3NO4. The molecule has 1 aromatic rings. The summed E-state index contributed by atoms with van der Waals surface area (Å²) in [4.78, 5) is 21.7. The van der Waals surface area contributed by atoms with E-state index < -0.39 is 18.1 Å². The van der Waals surface area contributed by atoms with Crippen molar-refractivity contribution in [3.8, 4) is 5.75 Å². The fourth-order valence-corrected chi connectivity index (χ4v) is 2.28. The molecule has 0 aliphatic rings. The number of carbonyl (C=O) groups is 2. The number of alkyl halides is 3. The zero-order valence-electron chi connectivity index (χ0n) is 15.4. The van der Waals surface area contributed by atoms with Crippen LogP contribution >= 0.6 is 0 Å². The Morgan fingerprint density at radius 2 is 1.85 bits per heavy atom. The van der Waals surface area contributed by atoms with Gasteiger partial charge in [0.2, 0.25) is 0 Å². The van der Waals surface area contributed by atoms with Crippen molar-refractivity contribution >= 4 is 11.9 Å². The first-order valence-electron chi connectivity index (χ1n) is 9.07. The average Bonchev–Trinajstić information content (AvgIpc) is 2.61. The third-order valence-electron chi connectivity index (χ3n) is 3.69. The van der Waals surface area contributed by atoms with Crippen LogP contribution in [0.15, 0.2) is 24.3 Å². The minimum absolute atomic E-state index is 0.0898. The van der Waals surface area contributed by atoms with Gasteiger partial charge in [-0.3, -0.25) is 4.79 Å². The molecule has 8 heteroatoms.